The van der Waals surface area contributed by atoms with Crippen LogP contribution >= 0.6 is 0 Å². The van der Waals surface area contributed by atoms with E-state index in [-0.39, 0.29) is 6.54 Å². The number of ether oxygens (including phenoxy) is 2. The Kier molecular flexibility index (Phi) is 5.08. The number of carbonyl (C=O) groups is 2. The fourth-order valence-electron chi connectivity index (χ4n) is 1.80. The Balaban J connectivity index is 2.83. The minimum atomic E-state index is -4.68. The number of aliphatic carboxylic acids is 1. The van der Waals surface area contributed by atoms with E-state index in [0.717, 1.165) is 4.90 Å². The van der Waals surface area contributed by atoms with Crippen molar-refractivity contribution in [3.05, 3.63) is 0 Å². The fraction of sp³-hybridized carbons (Fsp3) is 0.833. The number of nitrogens with zero attached hydrogens (tertiary/aromatic N) is 1. The lowest BCUT2D eigenvalue weighted by Crippen LogP contribution is -2.55. The first-order valence-electron chi connectivity index (χ1n) is 6.30. The number of carbonyl (C=O) groups excluding carboxylic acids is 1. The lowest BCUT2D eigenvalue weighted by molar-refractivity contribution is -0.251. The maximum atomic E-state index is 12.8. The summed E-state index contributed by atoms with van der Waals surface area (Å²) in [5, 5.41) is 8.67. The number of amides is 1. The van der Waals surface area contributed by atoms with Gasteiger partial charge in [-0.05, 0) is 20.8 Å². The molecular formula is C12H18F3NO5. The van der Waals surface area contributed by atoms with Gasteiger partial charge >= 0.3 is 18.2 Å². The molecule has 1 fully saturated rings. The highest BCUT2D eigenvalue weighted by Gasteiger charge is 2.47. The van der Waals surface area contributed by atoms with Gasteiger partial charge in [-0.3, -0.25) is 4.79 Å². The first-order chi connectivity index (χ1) is 9.38. The smallest absolute Gasteiger partial charge is 0.416 e. The van der Waals surface area contributed by atoms with Crippen LogP contribution in [0.2, 0.25) is 0 Å². The zero-order valence-electron chi connectivity index (χ0n) is 11.9. The summed E-state index contributed by atoms with van der Waals surface area (Å²) >= 11 is 0. The van der Waals surface area contributed by atoms with Crippen LogP contribution in [-0.4, -0.2) is 59.1 Å². The van der Waals surface area contributed by atoms with Crippen LogP contribution in [0.15, 0.2) is 0 Å². The van der Waals surface area contributed by atoms with Crippen LogP contribution in [0.3, 0.4) is 0 Å². The van der Waals surface area contributed by atoms with E-state index in [4.69, 9.17) is 14.6 Å². The highest BCUT2D eigenvalue weighted by molar-refractivity contribution is 5.69. The number of alkyl halides is 3. The van der Waals surface area contributed by atoms with E-state index < -0.39 is 49.0 Å². The topological polar surface area (TPSA) is 76.1 Å². The number of rotatable bonds is 2. The van der Waals surface area contributed by atoms with Crippen molar-refractivity contribution in [1.82, 2.24) is 4.90 Å². The third-order valence-electron chi connectivity index (χ3n) is 2.59. The Hall–Kier alpha value is -1.51. The summed E-state index contributed by atoms with van der Waals surface area (Å²) in [5.41, 5.74) is -0.856. The molecule has 0 aromatic rings. The van der Waals surface area contributed by atoms with Crippen LogP contribution in [0, 0.1) is 0 Å². The maximum absolute atomic E-state index is 12.8. The lowest BCUT2D eigenvalue weighted by atomic mass is 10.1. The predicted molar refractivity (Wildman–Crippen MR) is 64.8 cm³/mol. The number of morpholine rings is 1. The average Bonchev–Trinajstić information content (AvgIpc) is 2.23. The molecule has 0 spiro atoms. The van der Waals surface area contributed by atoms with Crippen molar-refractivity contribution in [2.45, 2.75) is 51.2 Å². The molecule has 1 aliphatic heterocycles. The van der Waals surface area contributed by atoms with Gasteiger partial charge in [0, 0.05) is 0 Å². The highest BCUT2D eigenvalue weighted by Crippen LogP contribution is 2.29. The molecule has 122 valence electrons. The summed E-state index contributed by atoms with van der Waals surface area (Å²) in [6.45, 7) is 3.78. The van der Waals surface area contributed by atoms with Gasteiger partial charge in [-0.15, -0.1) is 0 Å². The molecule has 1 heterocycles. The summed E-state index contributed by atoms with van der Waals surface area (Å²) in [6.07, 6.45) is -9.67. The van der Waals surface area contributed by atoms with Crippen LogP contribution in [-0.2, 0) is 14.3 Å². The maximum Gasteiger partial charge on any atom is 0.416 e. The largest absolute Gasteiger partial charge is 0.481 e. The fourth-order valence-corrected chi connectivity index (χ4v) is 1.80. The quantitative estimate of drug-likeness (QED) is 0.844. The number of hydrogen-bond acceptors (Lipinski definition) is 4. The van der Waals surface area contributed by atoms with Gasteiger partial charge in [0.25, 0.3) is 0 Å². The molecule has 0 saturated carbocycles. The third kappa shape index (κ3) is 5.78. The molecule has 1 amide bonds. The summed E-state index contributed by atoms with van der Waals surface area (Å²) in [7, 11) is 0. The van der Waals surface area contributed by atoms with Crippen LogP contribution in [0.25, 0.3) is 0 Å². The van der Waals surface area contributed by atoms with Crippen molar-refractivity contribution in [1.29, 1.82) is 0 Å². The Labute approximate surface area is 119 Å². The molecule has 1 rings (SSSR count). The molecule has 0 bridgehead atoms. The van der Waals surface area contributed by atoms with E-state index in [2.05, 4.69) is 0 Å². The molecule has 9 heteroatoms. The summed E-state index contributed by atoms with van der Waals surface area (Å²) in [5.74, 6) is -1.30. The average molecular weight is 313 g/mol. The van der Waals surface area contributed by atoms with Gasteiger partial charge in [-0.1, -0.05) is 0 Å². The van der Waals surface area contributed by atoms with Gasteiger partial charge < -0.3 is 19.5 Å². The Morgan fingerprint density at radius 2 is 1.86 bits per heavy atom. The van der Waals surface area contributed by atoms with Crippen LogP contribution in [0.5, 0.6) is 0 Å². The van der Waals surface area contributed by atoms with Gasteiger partial charge in [0.05, 0.1) is 25.6 Å². The molecule has 6 nitrogen and oxygen atoms in total. The van der Waals surface area contributed by atoms with Gasteiger partial charge in [0.15, 0.2) is 6.10 Å². The summed E-state index contributed by atoms with van der Waals surface area (Å²) < 4.78 is 48.1. The summed E-state index contributed by atoms with van der Waals surface area (Å²) in [6, 6.07) is 0. The second-order valence-corrected chi connectivity index (χ2v) is 5.77. The van der Waals surface area contributed by atoms with E-state index >= 15 is 0 Å². The van der Waals surface area contributed by atoms with E-state index in [1.807, 2.05) is 0 Å². The highest BCUT2D eigenvalue weighted by atomic mass is 19.4. The minimum absolute atomic E-state index is 0.256. The van der Waals surface area contributed by atoms with Gasteiger partial charge in [0.1, 0.15) is 5.60 Å². The van der Waals surface area contributed by atoms with E-state index in [1.165, 1.54) is 0 Å². The molecule has 0 aromatic carbocycles. The van der Waals surface area contributed by atoms with Crippen molar-refractivity contribution in [2.24, 2.45) is 0 Å². The first-order valence-corrected chi connectivity index (χ1v) is 6.30. The summed E-state index contributed by atoms with van der Waals surface area (Å²) in [4.78, 5) is 23.3. The molecule has 0 radical (unpaired) electrons. The number of carboxylic acids is 1. The van der Waals surface area contributed by atoms with Gasteiger partial charge in [-0.2, -0.15) is 13.2 Å². The second kappa shape index (κ2) is 6.08. The predicted octanol–water partition coefficient (Wildman–Crippen LogP) is 2.03. The first kappa shape index (κ1) is 17.5. The molecule has 1 N–H and O–H groups in total. The van der Waals surface area contributed by atoms with E-state index in [1.54, 1.807) is 20.8 Å². The molecular weight excluding hydrogens is 295 g/mol. The molecule has 0 aromatic heterocycles. The van der Waals surface area contributed by atoms with Crippen LogP contribution in [0.4, 0.5) is 18.0 Å². The molecule has 1 aliphatic rings. The van der Waals surface area contributed by atoms with E-state index in [0.29, 0.717) is 0 Å². The van der Waals surface area contributed by atoms with Crippen molar-refractivity contribution >= 4 is 12.1 Å². The van der Waals surface area contributed by atoms with Crippen molar-refractivity contribution in [3.8, 4) is 0 Å². The van der Waals surface area contributed by atoms with Crippen LogP contribution in [0.1, 0.15) is 27.2 Å². The Morgan fingerprint density at radius 3 is 2.29 bits per heavy atom. The lowest BCUT2D eigenvalue weighted by Gasteiger charge is -2.38. The van der Waals surface area contributed by atoms with Crippen LogP contribution < -0.4 is 0 Å². The standard InChI is InChI=1S/C12H18F3NO5/c1-11(2,3)21-10(19)16-5-7(4-9(17)18)20-8(6-16)12(13,14)15/h7-8H,4-6H2,1-3H3,(H,17,18). The van der Waals surface area contributed by atoms with Gasteiger partial charge in [0.2, 0.25) is 0 Å². The van der Waals surface area contributed by atoms with Crippen molar-refractivity contribution in [2.75, 3.05) is 13.1 Å². The molecule has 1 saturated heterocycles. The van der Waals surface area contributed by atoms with Gasteiger partial charge in [-0.25, -0.2) is 4.79 Å². The molecule has 21 heavy (non-hydrogen) atoms. The zero-order chi connectivity index (χ0) is 16.4. The Bertz CT molecular complexity index is 405. The minimum Gasteiger partial charge on any atom is -0.481 e. The number of halogens is 3. The number of hydrogen-bond donors (Lipinski definition) is 1. The SMILES string of the molecule is CC(C)(C)OC(=O)N1CC(CC(=O)O)OC(C(F)(F)F)C1. The zero-order valence-corrected chi connectivity index (χ0v) is 11.9. The second-order valence-electron chi connectivity index (χ2n) is 5.77. The monoisotopic (exact) mass is 313 g/mol. The van der Waals surface area contributed by atoms with Crippen molar-refractivity contribution < 1.29 is 37.3 Å². The number of carboxylic acid groups (broad SMARTS) is 1. The molecule has 2 unspecified atom stereocenters. The third-order valence-corrected chi connectivity index (χ3v) is 2.59. The van der Waals surface area contributed by atoms with E-state index in [9.17, 15) is 22.8 Å². The normalized spacial score (nSPS) is 23.8. The Morgan fingerprint density at radius 1 is 1.29 bits per heavy atom. The molecule has 0 aliphatic carbocycles. The molecule has 2 atom stereocenters. The van der Waals surface area contributed by atoms with Crippen molar-refractivity contribution in [3.63, 3.8) is 0 Å².